The van der Waals surface area contributed by atoms with Gasteiger partial charge in [-0.05, 0) is 24.6 Å². The number of benzene rings is 1. The number of β-amino-alcohol motifs (C(OH)–C–C–N with tert-alkyl or cyclic N) is 1. The molecule has 0 radical (unpaired) electrons. The van der Waals surface area contributed by atoms with Gasteiger partial charge in [-0.25, -0.2) is 18.6 Å². The maximum absolute atomic E-state index is 14.6. The van der Waals surface area contributed by atoms with Crippen LogP contribution in [0.2, 0.25) is 5.02 Å². The number of hydrogen-bond acceptors (Lipinski definition) is 5. The van der Waals surface area contributed by atoms with Crippen LogP contribution in [-0.4, -0.2) is 44.9 Å². The van der Waals surface area contributed by atoms with Crippen molar-refractivity contribution < 1.29 is 23.8 Å². The second-order valence-corrected chi connectivity index (χ2v) is 7.10. The van der Waals surface area contributed by atoms with Gasteiger partial charge in [0.25, 0.3) is 0 Å². The van der Waals surface area contributed by atoms with Gasteiger partial charge >= 0.3 is 5.97 Å². The summed E-state index contributed by atoms with van der Waals surface area (Å²) in [6, 6.07) is 4.40. The number of hydrogen-bond donors (Lipinski definition) is 2. The number of rotatable bonds is 3. The number of halogens is 3. The van der Waals surface area contributed by atoms with E-state index in [1.165, 1.54) is 12.1 Å². The third-order valence-corrected chi connectivity index (χ3v) is 5.06. The normalized spacial score (nSPS) is 16.6. The summed E-state index contributed by atoms with van der Waals surface area (Å²) in [6.07, 6.45) is 0.946. The monoisotopic (exact) mass is 421 g/mol. The summed E-state index contributed by atoms with van der Waals surface area (Å²) in [4.78, 5) is 30.3. The van der Waals surface area contributed by atoms with Crippen LogP contribution in [0.15, 0.2) is 35.3 Å². The highest BCUT2D eigenvalue weighted by molar-refractivity contribution is 6.32. The highest BCUT2D eigenvalue weighted by Crippen LogP contribution is 2.29. The molecule has 0 aliphatic carbocycles. The van der Waals surface area contributed by atoms with Crippen LogP contribution in [0.25, 0.3) is 16.7 Å². The molecule has 1 fully saturated rings. The van der Waals surface area contributed by atoms with Crippen molar-refractivity contribution in [3.05, 3.63) is 62.9 Å². The maximum atomic E-state index is 14.6. The molecule has 1 atom stereocenters. The Balaban J connectivity index is 2.04. The average molecular weight is 422 g/mol. The molecule has 29 heavy (non-hydrogen) atoms. The van der Waals surface area contributed by atoms with Crippen molar-refractivity contribution in [1.82, 2.24) is 9.55 Å². The Morgan fingerprint density at radius 3 is 2.66 bits per heavy atom. The Labute approximate surface area is 167 Å². The molecule has 150 valence electrons. The molecule has 1 aromatic carbocycles. The van der Waals surface area contributed by atoms with Crippen molar-refractivity contribution in [2.75, 3.05) is 18.0 Å². The summed E-state index contributed by atoms with van der Waals surface area (Å²) in [6.45, 7) is 0.865. The summed E-state index contributed by atoms with van der Waals surface area (Å²) in [5.74, 6) is -3.03. The topological polar surface area (TPSA) is 95.7 Å². The zero-order valence-electron chi connectivity index (χ0n) is 14.8. The maximum Gasteiger partial charge on any atom is 0.341 e. The zero-order chi connectivity index (χ0) is 20.9. The molecule has 2 aromatic heterocycles. The van der Waals surface area contributed by atoms with Crippen LogP contribution >= 0.6 is 11.6 Å². The Hall–Kier alpha value is -3.04. The van der Waals surface area contributed by atoms with Gasteiger partial charge in [-0.2, -0.15) is 0 Å². The molecule has 0 amide bonds. The second-order valence-electron chi connectivity index (χ2n) is 6.69. The van der Waals surface area contributed by atoms with E-state index in [0.29, 0.717) is 31.4 Å². The highest BCUT2D eigenvalue weighted by atomic mass is 35.5. The smallest absolute Gasteiger partial charge is 0.341 e. The molecule has 0 bridgehead atoms. The van der Waals surface area contributed by atoms with Crippen LogP contribution in [0.5, 0.6) is 0 Å². The van der Waals surface area contributed by atoms with Gasteiger partial charge in [-0.15, -0.1) is 0 Å². The van der Waals surface area contributed by atoms with Crippen LogP contribution in [-0.2, 0) is 0 Å². The van der Waals surface area contributed by atoms with E-state index in [1.54, 1.807) is 4.90 Å². The third kappa shape index (κ3) is 3.32. The number of pyridine rings is 2. The van der Waals surface area contributed by atoms with E-state index in [0.717, 1.165) is 16.8 Å². The molecule has 0 saturated carbocycles. The van der Waals surface area contributed by atoms with E-state index < -0.39 is 34.7 Å². The number of carbonyl (C=O) groups is 1. The number of carboxylic acid groups (broad SMARTS) is 1. The Kier molecular flexibility index (Phi) is 4.71. The summed E-state index contributed by atoms with van der Waals surface area (Å²) in [5, 5.41) is 18.8. The van der Waals surface area contributed by atoms with Crippen LogP contribution < -0.4 is 10.3 Å². The number of aliphatic hydroxyl groups excluding tert-OH is 1. The van der Waals surface area contributed by atoms with Crippen LogP contribution in [0.1, 0.15) is 16.8 Å². The summed E-state index contributed by atoms with van der Waals surface area (Å²) >= 11 is 6.03. The molecule has 4 rings (SSSR count). The molecule has 3 heterocycles. The lowest BCUT2D eigenvalue weighted by Crippen LogP contribution is -2.24. The highest BCUT2D eigenvalue weighted by Gasteiger charge is 2.24. The first-order valence-corrected chi connectivity index (χ1v) is 9.01. The summed E-state index contributed by atoms with van der Waals surface area (Å²) < 4.78 is 29.1. The summed E-state index contributed by atoms with van der Waals surface area (Å²) in [5.41, 5.74) is -1.76. The van der Waals surface area contributed by atoms with Crippen LogP contribution in [0.4, 0.5) is 14.6 Å². The molecule has 10 heteroatoms. The van der Waals surface area contributed by atoms with Gasteiger partial charge in [0.15, 0.2) is 11.5 Å². The van der Waals surface area contributed by atoms with Crippen molar-refractivity contribution in [1.29, 1.82) is 0 Å². The quantitative estimate of drug-likeness (QED) is 0.675. The SMILES string of the molecule is O=C(O)c1cn(-c2c(F)cc(F)cc2Cl)c2nc(N3CC[C@H](O)C3)ccc2c1=O. The Morgan fingerprint density at radius 1 is 1.28 bits per heavy atom. The average Bonchev–Trinajstić information content (AvgIpc) is 3.08. The van der Waals surface area contributed by atoms with E-state index in [4.69, 9.17) is 11.6 Å². The minimum atomic E-state index is -1.50. The molecule has 0 unspecified atom stereocenters. The minimum absolute atomic E-state index is 0.0358. The van der Waals surface area contributed by atoms with Crippen molar-refractivity contribution >= 4 is 34.4 Å². The van der Waals surface area contributed by atoms with Crippen molar-refractivity contribution in [2.45, 2.75) is 12.5 Å². The predicted octanol–water partition coefficient (Wildman–Crippen LogP) is 2.59. The molecule has 7 nitrogen and oxygen atoms in total. The fraction of sp³-hybridized carbons (Fsp3) is 0.211. The first kappa shape index (κ1) is 19.3. The lowest BCUT2D eigenvalue weighted by Gasteiger charge is -2.19. The van der Waals surface area contributed by atoms with Crippen molar-refractivity contribution in [2.24, 2.45) is 0 Å². The lowest BCUT2D eigenvalue weighted by atomic mass is 10.1. The zero-order valence-corrected chi connectivity index (χ0v) is 15.5. The molecule has 0 spiro atoms. The van der Waals surface area contributed by atoms with Gasteiger partial charge in [-0.1, -0.05) is 11.6 Å². The van der Waals surface area contributed by atoms with Gasteiger partial charge in [0.05, 0.1) is 16.5 Å². The molecular formula is C19H14ClF2N3O4. The molecule has 1 saturated heterocycles. The molecular weight excluding hydrogens is 408 g/mol. The van der Waals surface area contributed by atoms with Crippen LogP contribution in [0, 0.1) is 11.6 Å². The van der Waals surface area contributed by atoms with Gasteiger partial charge in [0.1, 0.15) is 22.9 Å². The van der Waals surface area contributed by atoms with Crippen LogP contribution in [0.3, 0.4) is 0 Å². The number of fused-ring (bicyclic) bond motifs is 1. The first-order chi connectivity index (χ1) is 13.8. The summed E-state index contributed by atoms with van der Waals surface area (Å²) in [7, 11) is 0. The Morgan fingerprint density at radius 2 is 2.03 bits per heavy atom. The van der Waals surface area contributed by atoms with E-state index in [9.17, 15) is 28.6 Å². The van der Waals surface area contributed by atoms with Gasteiger partial charge < -0.3 is 15.1 Å². The number of anilines is 1. The predicted molar refractivity (Wildman–Crippen MR) is 102 cm³/mol. The van der Waals surface area contributed by atoms with E-state index in [2.05, 4.69) is 4.98 Å². The van der Waals surface area contributed by atoms with E-state index in [-0.39, 0.29) is 21.7 Å². The molecule has 2 N–H and O–H groups in total. The van der Waals surface area contributed by atoms with Crippen molar-refractivity contribution in [3.8, 4) is 5.69 Å². The number of carboxylic acids is 1. The van der Waals surface area contributed by atoms with Gasteiger partial charge in [0, 0.05) is 25.4 Å². The first-order valence-electron chi connectivity index (χ1n) is 8.64. The van der Waals surface area contributed by atoms with Gasteiger partial charge in [0.2, 0.25) is 5.43 Å². The number of aromatic carboxylic acids is 1. The van der Waals surface area contributed by atoms with Crippen molar-refractivity contribution in [3.63, 3.8) is 0 Å². The minimum Gasteiger partial charge on any atom is -0.477 e. The van der Waals surface area contributed by atoms with E-state index in [1.807, 2.05) is 0 Å². The number of aliphatic hydroxyl groups is 1. The second kappa shape index (κ2) is 7.09. The van der Waals surface area contributed by atoms with E-state index >= 15 is 0 Å². The molecule has 1 aliphatic rings. The largest absolute Gasteiger partial charge is 0.477 e. The Bertz CT molecular complexity index is 1190. The molecule has 3 aromatic rings. The van der Waals surface area contributed by atoms with Gasteiger partial charge in [-0.3, -0.25) is 9.36 Å². The lowest BCUT2D eigenvalue weighted by molar-refractivity contribution is 0.0695. The standard InChI is InChI=1S/C19H14ClF2N3O4/c20-13-5-9(21)6-14(22)16(13)25-8-12(19(28)29)17(27)11-1-2-15(23-18(11)25)24-4-3-10(26)7-24/h1-2,5-6,8,10,26H,3-4,7H2,(H,28,29)/t10-/m0/s1. The fourth-order valence-electron chi connectivity index (χ4n) is 3.41. The number of nitrogens with zero attached hydrogens (tertiary/aromatic N) is 3. The molecule has 1 aliphatic heterocycles. The third-order valence-electron chi connectivity index (χ3n) is 4.78. The number of aromatic nitrogens is 2. The fourth-order valence-corrected chi connectivity index (χ4v) is 3.69.